The number of piperidine rings is 1. The van der Waals surface area contributed by atoms with Crippen LogP contribution in [0.15, 0.2) is 0 Å². The van der Waals surface area contributed by atoms with Crippen LogP contribution in [0.2, 0.25) is 0 Å². The molecule has 2 saturated carbocycles. The minimum absolute atomic E-state index is 0.968. The molecule has 4 unspecified atom stereocenters. The Morgan fingerprint density at radius 2 is 1.53 bits per heavy atom. The summed E-state index contributed by atoms with van der Waals surface area (Å²) in [6, 6.07) is 0.968. The van der Waals surface area contributed by atoms with E-state index in [2.05, 4.69) is 18.7 Å². The van der Waals surface area contributed by atoms with Crippen molar-refractivity contribution in [3.63, 3.8) is 0 Å². The lowest BCUT2D eigenvalue weighted by Crippen LogP contribution is -2.49. The molecule has 3 aliphatic rings. The van der Waals surface area contributed by atoms with Crippen molar-refractivity contribution in [2.24, 2.45) is 23.7 Å². The maximum Gasteiger partial charge on any atom is 0.0124 e. The fraction of sp³-hybridized carbons (Fsp3) is 1.00. The monoisotopic (exact) mass is 263 g/mol. The van der Waals surface area contributed by atoms with Crippen LogP contribution in [-0.4, -0.2) is 24.0 Å². The van der Waals surface area contributed by atoms with Gasteiger partial charge in [0.1, 0.15) is 0 Å². The highest BCUT2D eigenvalue weighted by molar-refractivity contribution is 4.89. The maximum atomic E-state index is 2.92. The third kappa shape index (κ3) is 3.35. The van der Waals surface area contributed by atoms with Crippen LogP contribution < -0.4 is 0 Å². The average Bonchev–Trinajstić information content (AvgIpc) is 2.38. The van der Waals surface area contributed by atoms with Crippen LogP contribution in [0.1, 0.15) is 71.6 Å². The van der Waals surface area contributed by atoms with E-state index in [4.69, 9.17) is 0 Å². The number of rotatable bonds is 2. The Balaban J connectivity index is 1.58. The molecule has 0 radical (unpaired) electrons. The van der Waals surface area contributed by atoms with Gasteiger partial charge >= 0.3 is 0 Å². The Hall–Kier alpha value is -0.0400. The summed E-state index contributed by atoms with van der Waals surface area (Å²) in [7, 11) is 0. The van der Waals surface area contributed by atoms with Crippen LogP contribution in [0.3, 0.4) is 0 Å². The lowest BCUT2D eigenvalue weighted by Gasteiger charge is -2.46. The topological polar surface area (TPSA) is 3.24 Å². The fourth-order valence-corrected chi connectivity index (χ4v) is 5.55. The molecular formula is C18H33N. The third-order valence-corrected chi connectivity index (χ3v) is 6.13. The van der Waals surface area contributed by atoms with Gasteiger partial charge in [0.2, 0.25) is 0 Å². The number of fused-ring (bicyclic) bond motifs is 1. The first-order chi connectivity index (χ1) is 9.22. The van der Waals surface area contributed by atoms with Crippen LogP contribution in [0.4, 0.5) is 0 Å². The Morgan fingerprint density at radius 3 is 2.32 bits per heavy atom. The van der Waals surface area contributed by atoms with E-state index in [0.717, 1.165) is 29.7 Å². The van der Waals surface area contributed by atoms with Crippen LogP contribution >= 0.6 is 0 Å². The molecule has 0 aromatic carbocycles. The van der Waals surface area contributed by atoms with Gasteiger partial charge in [-0.1, -0.05) is 26.7 Å². The molecule has 110 valence electrons. The van der Waals surface area contributed by atoms with Gasteiger partial charge in [0.25, 0.3) is 0 Å². The Labute approximate surface area is 120 Å². The Kier molecular flexibility index (Phi) is 4.51. The average molecular weight is 263 g/mol. The molecule has 1 nitrogen and oxygen atoms in total. The summed E-state index contributed by atoms with van der Waals surface area (Å²) in [5, 5.41) is 0. The SMILES string of the molecule is CC1CC(C)CC(CN2CCCC3CCCCC32)C1. The van der Waals surface area contributed by atoms with E-state index in [1.165, 1.54) is 70.9 Å². The fourth-order valence-electron chi connectivity index (χ4n) is 5.55. The third-order valence-electron chi connectivity index (χ3n) is 6.13. The number of nitrogens with zero attached hydrogens (tertiary/aromatic N) is 1. The summed E-state index contributed by atoms with van der Waals surface area (Å²) in [4.78, 5) is 2.92. The van der Waals surface area contributed by atoms with E-state index in [1.807, 2.05) is 0 Å². The molecular weight excluding hydrogens is 230 g/mol. The van der Waals surface area contributed by atoms with Crippen molar-refractivity contribution in [2.45, 2.75) is 77.7 Å². The molecule has 1 aliphatic heterocycles. The van der Waals surface area contributed by atoms with Gasteiger partial charge in [-0.25, -0.2) is 0 Å². The lowest BCUT2D eigenvalue weighted by atomic mass is 9.74. The summed E-state index contributed by atoms with van der Waals surface area (Å²) in [6.07, 6.45) is 13.5. The van der Waals surface area contributed by atoms with Crippen molar-refractivity contribution in [3.8, 4) is 0 Å². The van der Waals surface area contributed by atoms with Crippen LogP contribution in [0, 0.1) is 23.7 Å². The van der Waals surface area contributed by atoms with E-state index >= 15 is 0 Å². The first-order valence-electron chi connectivity index (χ1n) is 8.96. The van der Waals surface area contributed by atoms with E-state index < -0.39 is 0 Å². The Bertz CT molecular complexity index is 275. The lowest BCUT2D eigenvalue weighted by molar-refractivity contribution is 0.0351. The van der Waals surface area contributed by atoms with Gasteiger partial charge in [-0.2, -0.15) is 0 Å². The maximum absolute atomic E-state index is 2.92. The number of hydrogen-bond donors (Lipinski definition) is 0. The molecule has 2 aliphatic carbocycles. The van der Waals surface area contributed by atoms with Gasteiger partial charge in [-0.15, -0.1) is 0 Å². The molecule has 0 N–H and O–H groups in total. The van der Waals surface area contributed by atoms with Crippen molar-refractivity contribution in [3.05, 3.63) is 0 Å². The van der Waals surface area contributed by atoms with E-state index in [0.29, 0.717) is 0 Å². The second-order valence-electron chi connectivity index (χ2n) is 8.03. The summed E-state index contributed by atoms with van der Waals surface area (Å²) in [5.74, 6) is 4.00. The smallest absolute Gasteiger partial charge is 0.0124 e. The van der Waals surface area contributed by atoms with Crippen molar-refractivity contribution >= 4 is 0 Å². The molecule has 0 aromatic heterocycles. The quantitative estimate of drug-likeness (QED) is 0.697. The predicted molar refractivity (Wildman–Crippen MR) is 82.2 cm³/mol. The molecule has 19 heavy (non-hydrogen) atoms. The van der Waals surface area contributed by atoms with Crippen molar-refractivity contribution in [1.82, 2.24) is 4.90 Å². The molecule has 1 saturated heterocycles. The standard InChI is InChI=1S/C18H33N/c1-14-10-15(2)12-16(11-14)13-19-9-5-7-17-6-3-4-8-18(17)19/h14-18H,3-13H2,1-2H3. The molecule has 1 heterocycles. The normalized spacial score (nSPS) is 44.8. The number of hydrogen-bond acceptors (Lipinski definition) is 1. The van der Waals surface area contributed by atoms with Crippen LogP contribution in [-0.2, 0) is 0 Å². The second-order valence-corrected chi connectivity index (χ2v) is 8.03. The molecule has 1 heteroatoms. The molecule has 0 bridgehead atoms. The Morgan fingerprint density at radius 1 is 0.842 bits per heavy atom. The second kappa shape index (κ2) is 6.16. The zero-order chi connectivity index (χ0) is 13.2. The largest absolute Gasteiger partial charge is 0.300 e. The van der Waals surface area contributed by atoms with E-state index in [1.54, 1.807) is 0 Å². The van der Waals surface area contributed by atoms with Gasteiger partial charge in [0.05, 0.1) is 0 Å². The number of likely N-dealkylation sites (tertiary alicyclic amines) is 1. The van der Waals surface area contributed by atoms with Gasteiger partial charge in [0.15, 0.2) is 0 Å². The highest BCUT2D eigenvalue weighted by Gasteiger charge is 2.35. The van der Waals surface area contributed by atoms with Crippen LogP contribution in [0.5, 0.6) is 0 Å². The molecule has 0 aromatic rings. The molecule has 0 spiro atoms. The first-order valence-corrected chi connectivity index (χ1v) is 8.96. The molecule has 3 rings (SSSR count). The zero-order valence-corrected chi connectivity index (χ0v) is 13.1. The zero-order valence-electron chi connectivity index (χ0n) is 13.1. The highest BCUT2D eigenvalue weighted by Crippen LogP contribution is 2.38. The van der Waals surface area contributed by atoms with Crippen LogP contribution in [0.25, 0.3) is 0 Å². The summed E-state index contributed by atoms with van der Waals surface area (Å²) in [5.41, 5.74) is 0. The van der Waals surface area contributed by atoms with Crippen molar-refractivity contribution in [1.29, 1.82) is 0 Å². The van der Waals surface area contributed by atoms with E-state index in [-0.39, 0.29) is 0 Å². The minimum Gasteiger partial charge on any atom is -0.300 e. The summed E-state index contributed by atoms with van der Waals surface area (Å²) < 4.78 is 0. The van der Waals surface area contributed by atoms with E-state index in [9.17, 15) is 0 Å². The summed E-state index contributed by atoms with van der Waals surface area (Å²) in [6.45, 7) is 7.78. The molecule has 4 atom stereocenters. The highest BCUT2D eigenvalue weighted by atomic mass is 15.2. The van der Waals surface area contributed by atoms with Gasteiger partial charge in [-0.3, -0.25) is 4.90 Å². The van der Waals surface area contributed by atoms with Gasteiger partial charge < -0.3 is 0 Å². The predicted octanol–water partition coefficient (Wildman–Crippen LogP) is 4.71. The minimum atomic E-state index is 0.968. The van der Waals surface area contributed by atoms with Gasteiger partial charge in [0, 0.05) is 12.6 Å². The summed E-state index contributed by atoms with van der Waals surface area (Å²) >= 11 is 0. The first kappa shape index (κ1) is 13.9. The molecule has 0 amide bonds. The van der Waals surface area contributed by atoms with Crippen molar-refractivity contribution < 1.29 is 0 Å². The van der Waals surface area contributed by atoms with Crippen molar-refractivity contribution in [2.75, 3.05) is 13.1 Å². The van der Waals surface area contributed by atoms with Gasteiger partial charge in [-0.05, 0) is 75.2 Å². The molecule has 3 fully saturated rings.